The number of aromatic nitrogens is 2. The van der Waals surface area contributed by atoms with Crippen molar-refractivity contribution in [1.82, 2.24) is 9.78 Å². The third kappa shape index (κ3) is 1.97. The summed E-state index contributed by atoms with van der Waals surface area (Å²) in [5.41, 5.74) is 5.58. The topological polar surface area (TPSA) is 53.1 Å². The summed E-state index contributed by atoms with van der Waals surface area (Å²) in [5.74, 6) is 0.181. The van der Waals surface area contributed by atoms with Crippen LogP contribution >= 0.6 is 0 Å². The Morgan fingerprint density at radius 3 is 2.93 bits per heavy atom. The molecule has 1 aromatic heterocycles. The normalized spacial score (nSPS) is 10.3. The number of benzene rings is 1. The standard InChI is InChI=1S/C10H10FN3O/c11-9-3-1-2-4-10(9)14-6-8(5-13-14)15-7-12/h1-6H,7,12H2. The average Bonchev–Trinajstić information content (AvgIpc) is 2.68. The van der Waals surface area contributed by atoms with Gasteiger partial charge in [0.1, 0.15) is 18.2 Å². The van der Waals surface area contributed by atoms with Crippen molar-refractivity contribution in [3.05, 3.63) is 42.5 Å². The average molecular weight is 207 g/mol. The number of nitrogens with two attached hydrogens (primary N) is 1. The van der Waals surface area contributed by atoms with Crippen molar-refractivity contribution in [1.29, 1.82) is 0 Å². The summed E-state index contributed by atoms with van der Waals surface area (Å²) in [5, 5.41) is 3.96. The zero-order chi connectivity index (χ0) is 10.7. The van der Waals surface area contributed by atoms with Crippen LogP contribution in [0.5, 0.6) is 5.75 Å². The van der Waals surface area contributed by atoms with E-state index >= 15 is 0 Å². The molecule has 0 fully saturated rings. The molecule has 5 heteroatoms. The molecule has 0 aliphatic carbocycles. The first-order chi connectivity index (χ1) is 7.31. The molecular formula is C10H10FN3O. The summed E-state index contributed by atoms with van der Waals surface area (Å²) in [6.07, 6.45) is 3.06. The Morgan fingerprint density at radius 1 is 1.40 bits per heavy atom. The summed E-state index contributed by atoms with van der Waals surface area (Å²) in [6.45, 7) is 0.0724. The number of hydrogen-bond donors (Lipinski definition) is 1. The summed E-state index contributed by atoms with van der Waals surface area (Å²) in [6, 6.07) is 6.37. The Morgan fingerprint density at radius 2 is 2.20 bits per heavy atom. The Kier molecular flexibility index (Phi) is 2.64. The van der Waals surface area contributed by atoms with Gasteiger partial charge in [-0.1, -0.05) is 12.1 Å². The van der Waals surface area contributed by atoms with Crippen molar-refractivity contribution in [2.24, 2.45) is 5.73 Å². The van der Waals surface area contributed by atoms with E-state index in [1.54, 1.807) is 24.4 Å². The highest BCUT2D eigenvalue weighted by molar-refractivity contribution is 5.33. The van der Waals surface area contributed by atoms with Crippen LogP contribution in [0.15, 0.2) is 36.7 Å². The molecule has 1 heterocycles. The second-order valence-electron chi connectivity index (χ2n) is 2.88. The Bertz CT molecular complexity index is 455. The molecule has 0 unspecified atom stereocenters. The fourth-order valence-corrected chi connectivity index (χ4v) is 1.25. The highest BCUT2D eigenvalue weighted by Gasteiger charge is 2.05. The van der Waals surface area contributed by atoms with Gasteiger partial charge in [0.15, 0.2) is 5.75 Å². The third-order valence-electron chi connectivity index (χ3n) is 1.91. The molecule has 0 aliphatic heterocycles. The minimum atomic E-state index is -0.333. The minimum Gasteiger partial charge on any atom is -0.475 e. The SMILES string of the molecule is NCOc1cnn(-c2ccccc2F)c1. The molecule has 2 rings (SSSR count). The maximum absolute atomic E-state index is 13.3. The molecule has 2 N–H and O–H groups in total. The summed E-state index contributed by atoms with van der Waals surface area (Å²) >= 11 is 0. The van der Waals surface area contributed by atoms with Crippen LogP contribution in [0.1, 0.15) is 0 Å². The van der Waals surface area contributed by atoms with Gasteiger partial charge in [-0.05, 0) is 12.1 Å². The minimum absolute atomic E-state index is 0.0724. The van der Waals surface area contributed by atoms with Crippen molar-refractivity contribution in [3.8, 4) is 11.4 Å². The van der Waals surface area contributed by atoms with E-state index in [1.165, 1.54) is 16.9 Å². The van der Waals surface area contributed by atoms with Crippen molar-refractivity contribution in [3.63, 3.8) is 0 Å². The van der Waals surface area contributed by atoms with Crippen LogP contribution in [-0.2, 0) is 0 Å². The van der Waals surface area contributed by atoms with Gasteiger partial charge in [0.2, 0.25) is 0 Å². The zero-order valence-electron chi connectivity index (χ0n) is 7.93. The van der Waals surface area contributed by atoms with E-state index in [0.717, 1.165) is 0 Å². The lowest BCUT2D eigenvalue weighted by Gasteiger charge is -2.01. The predicted octanol–water partition coefficient (Wildman–Crippen LogP) is 1.31. The Balaban J connectivity index is 2.33. The molecule has 0 saturated heterocycles. The van der Waals surface area contributed by atoms with E-state index < -0.39 is 0 Å². The molecule has 0 amide bonds. The maximum Gasteiger partial charge on any atom is 0.159 e. The molecular weight excluding hydrogens is 197 g/mol. The first kappa shape index (κ1) is 9.67. The first-order valence-corrected chi connectivity index (χ1v) is 4.43. The Hall–Kier alpha value is -1.88. The van der Waals surface area contributed by atoms with E-state index in [4.69, 9.17) is 10.5 Å². The second kappa shape index (κ2) is 4.10. The van der Waals surface area contributed by atoms with E-state index in [9.17, 15) is 4.39 Å². The van der Waals surface area contributed by atoms with Gasteiger partial charge < -0.3 is 4.74 Å². The predicted molar refractivity (Wildman–Crippen MR) is 53.2 cm³/mol. The molecule has 78 valence electrons. The number of halogens is 1. The fraction of sp³-hybridized carbons (Fsp3) is 0.100. The summed E-state index contributed by atoms with van der Waals surface area (Å²) in [7, 11) is 0. The van der Waals surface area contributed by atoms with Gasteiger partial charge in [0.25, 0.3) is 0 Å². The molecule has 15 heavy (non-hydrogen) atoms. The Labute approximate surface area is 86.1 Å². The van der Waals surface area contributed by atoms with Gasteiger partial charge in [-0.25, -0.2) is 9.07 Å². The van der Waals surface area contributed by atoms with Crippen molar-refractivity contribution in [2.45, 2.75) is 0 Å². The molecule has 0 atom stereocenters. The van der Waals surface area contributed by atoms with Gasteiger partial charge >= 0.3 is 0 Å². The molecule has 2 aromatic rings. The van der Waals surface area contributed by atoms with Crippen LogP contribution in [0.3, 0.4) is 0 Å². The van der Waals surface area contributed by atoms with Gasteiger partial charge in [-0.15, -0.1) is 0 Å². The third-order valence-corrected chi connectivity index (χ3v) is 1.91. The van der Waals surface area contributed by atoms with E-state index in [1.807, 2.05) is 0 Å². The molecule has 0 bridgehead atoms. The molecule has 0 radical (unpaired) electrons. The molecule has 0 aliphatic rings. The number of nitrogens with zero attached hydrogens (tertiary/aromatic N) is 2. The highest BCUT2D eigenvalue weighted by atomic mass is 19.1. The van der Waals surface area contributed by atoms with Gasteiger partial charge in [0, 0.05) is 0 Å². The highest BCUT2D eigenvalue weighted by Crippen LogP contribution is 2.15. The lowest BCUT2D eigenvalue weighted by molar-refractivity contribution is 0.329. The lowest BCUT2D eigenvalue weighted by Crippen LogP contribution is -2.06. The van der Waals surface area contributed by atoms with Crippen LogP contribution in [0.4, 0.5) is 4.39 Å². The number of ether oxygens (including phenoxy) is 1. The summed E-state index contributed by atoms with van der Waals surface area (Å²) in [4.78, 5) is 0. The maximum atomic E-state index is 13.3. The lowest BCUT2D eigenvalue weighted by atomic mass is 10.3. The smallest absolute Gasteiger partial charge is 0.159 e. The monoisotopic (exact) mass is 207 g/mol. The second-order valence-corrected chi connectivity index (χ2v) is 2.88. The van der Waals surface area contributed by atoms with E-state index in [0.29, 0.717) is 11.4 Å². The largest absolute Gasteiger partial charge is 0.475 e. The van der Waals surface area contributed by atoms with Crippen LogP contribution in [0.25, 0.3) is 5.69 Å². The van der Waals surface area contributed by atoms with Crippen molar-refractivity contribution >= 4 is 0 Å². The fourth-order valence-electron chi connectivity index (χ4n) is 1.25. The van der Waals surface area contributed by atoms with E-state index in [2.05, 4.69) is 5.10 Å². The van der Waals surface area contributed by atoms with Gasteiger partial charge in [0.05, 0.1) is 12.4 Å². The van der Waals surface area contributed by atoms with Gasteiger partial charge in [-0.3, -0.25) is 5.73 Å². The number of rotatable bonds is 3. The van der Waals surface area contributed by atoms with Gasteiger partial charge in [-0.2, -0.15) is 5.10 Å². The quantitative estimate of drug-likeness (QED) is 0.772. The molecule has 1 aromatic carbocycles. The molecule has 0 saturated carbocycles. The zero-order valence-corrected chi connectivity index (χ0v) is 7.93. The summed E-state index contributed by atoms with van der Waals surface area (Å²) < 4.78 is 19.8. The van der Waals surface area contributed by atoms with Crippen LogP contribution < -0.4 is 10.5 Å². The number of para-hydroxylation sites is 1. The van der Waals surface area contributed by atoms with Crippen LogP contribution in [-0.4, -0.2) is 16.5 Å². The first-order valence-electron chi connectivity index (χ1n) is 4.43. The van der Waals surface area contributed by atoms with Crippen molar-refractivity contribution < 1.29 is 9.13 Å². The van der Waals surface area contributed by atoms with Crippen LogP contribution in [0, 0.1) is 5.82 Å². The van der Waals surface area contributed by atoms with Crippen LogP contribution in [0.2, 0.25) is 0 Å². The number of hydrogen-bond acceptors (Lipinski definition) is 3. The molecule has 0 spiro atoms. The molecule has 4 nitrogen and oxygen atoms in total. The van der Waals surface area contributed by atoms with E-state index in [-0.39, 0.29) is 12.5 Å². The van der Waals surface area contributed by atoms with Crippen molar-refractivity contribution in [2.75, 3.05) is 6.73 Å².